The van der Waals surface area contributed by atoms with Gasteiger partial charge in [0.05, 0.1) is 0 Å². The predicted octanol–water partition coefficient (Wildman–Crippen LogP) is 4.30. The first kappa shape index (κ1) is 16.0. The van der Waals surface area contributed by atoms with Gasteiger partial charge in [0, 0.05) is 29.5 Å². The van der Waals surface area contributed by atoms with Gasteiger partial charge in [-0.3, -0.25) is 4.90 Å². The van der Waals surface area contributed by atoms with Crippen molar-refractivity contribution in [3.63, 3.8) is 0 Å². The van der Waals surface area contributed by atoms with Crippen LogP contribution in [0.5, 0.6) is 0 Å². The van der Waals surface area contributed by atoms with Crippen LogP contribution in [0, 0.1) is 5.92 Å². The van der Waals surface area contributed by atoms with Gasteiger partial charge in [0.1, 0.15) is 0 Å². The molecule has 3 heteroatoms. The molecule has 0 amide bonds. The van der Waals surface area contributed by atoms with Crippen molar-refractivity contribution < 1.29 is 0 Å². The molecule has 1 atom stereocenters. The van der Waals surface area contributed by atoms with Gasteiger partial charge in [0.2, 0.25) is 0 Å². The molecule has 0 aromatic carbocycles. The van der Waals surface area contributed by atoms with Crippen LogP contribution in [0.25, 0.3) is 0 Å². The second-order valence-corrected chi connectivity index (χ2v) is 7.42. The van der Waals surface area contributed by atoms with Gasteiger partial charge in [-0.25, -0.2) is 0 Å². The summed E-state index contributed by atoms with van der Waals surface area (Å²) in [5.74, 6) is 0.665. The Morgan fingerprint density at radius 2 is 2.10 bits per heavy atom. The van der Waals surface area contributed by atoms with Crippen molar-refractivity contribution in [1.82, 2.24) is 10.2 Å². The van der Waals surface area contributed by atoms with Crippen molar-refractivity contribution in [2.75, 3.05) is 19.6 Å². The largest absolute Gasteiger partial charge is 0.310 e. The fourth-order valence-electron chi connectivity index (χ4n) is 3.51. The summed E-state index contributed by atoms with van der Waals surface area (Å²) in [7, 11) is 0. The molecule has 2 rings (SSSR count). The molecule has 1 aromatic heterocycles. The van der Waals surface area contributed by atoms with Crippen LogP contribution in [0.15, 0.2) is 17.5 Å². The third-order valence-electron chi connectivity index (χ3n) is 4.84. The molecular weight excluding hydrogens is 264 g/mol. The van der Waals surface area contributed by atoms with E-state index in [-0.39, 0.29) is 0 Å². The average Bonchev–Trinajstić information content (AvgIpc) is 2.86. The van der Waals surface area contributed by atoms with Gasteiger partial charge in [0.15, 0.2) is 0 Å². The maximum absolute atomic E-state index is 3.83. The number of hydrogen-bond donors (Lipinski definition) is 1. The zero-order valence-corrected chi connectivity index (χ0v) is 14.3. The Hall–Kier alpha value is -0.380. The molecule has 114 valence electrons. The Labute approximate surface area is 128 Å². The van der Waals surface area contributed by atoms with Crippen molar-refractivity contribution in [2.45, 2.75) is 58.5 Å². The van der Waals surface area contributed by atoms with Crippen LogP contribution in [0.2, 0.25) is 0 Å². The van der Waals surface area contributed by atoms with Crippen LogP contribution >= 0.6 is 11.3 Å². The highest BCUT2D eigenvalue weighted by Crippen LogP contribution is 2.34. The van der Waals surface area contributed by atoms with Crippen LogP contribution < -0.4 is 5.32 Å². The maximum Gasteiger partial charge on any atom is 0.0465 e. The monoisotopic (exact) mass is 294 g/mol. The zero-order chi connectivity index (χ0) is 14.6. The van der Waals surface area contributed by atoms with E-state index in [1.807, 2.05) is 11.3 Å². The molecular formula is C17H30N2S. The van der Waals surface area contributed by atoms with E-state index in [4.69, 9.17) is 0 Å². The normalized spacial score (nSPS) is 21.9. The molecule has 1 aliphatic rings. The Bertz CT molecular complexity index is 382. The highest BCUT2D eigenvalue weighted by molar-refractivity contribution is 7.10. The van der Waals surface area contributed by atoms with E-state index in [0.29, 0.717) is 17.5 Å². The minimum atomic E-state index is 0.306. The van der Waals surface area contributed by atoms with Crippen LogP contribution in [-0.4, -0.2) is 30.1 Å². The second kappa shape index (κ2) is 7.06. The zero-order valence-electron chi connectivity index (χ0n) is 13.5. The lowest BCUT2D eigenvalue weighted by atomic mass is 9.90. The van der Waals surface area contributed by atoms with Crippen molar-refractivity contribution >= 4 is 11.3 Å². The molecule has 1 N–H and O–H groups in total. The number of hydrogen-bond acceptors (Lipinski definition) is 3. The summed E-state index contributed by atoms with van der Waals surface area (Å²) in [5.41, 5.74) is 0.306. The first-order valence-electron chi connectivity index (χ1n) is 8.14. The molecule has 2 nitrogen and oxygen atoms in total. The number of rotatable bonds is 5. The van der Waals surface area contributed by atoms with E-state index in [2.05, 4.69) is 55.4 Å². The Kier molecular flexibility index (Phi) is 5.65. The molecule has 0 radical (unpaired) electrons. The molecule has 0 aliphatic carbocycles. The molecule has 20 heavy (non-hydrogen) atoms. The molecule has 2 heterocycles. The smallest absolute Gasteiger partial charge is 0.0465 e. The number of nitrogens with one attached hydrogen (secondary N) is 1. The van der Waals surface area contributed by atoms with E-state index >= 15 is 0 Å². The fraction of sp³-hybridized carbons (Fsp3) is 0.765. The van der Waals surface area contributed by atoms with Crippen molar-refractivity contribution in [3.05, 3.63) is 22.4 Å². The molecule has 0 bridgehead atoms. The molecule has 0 spiro atoms. The lowest BCUT2D eigenvalue weighted by Gasteiger charge is -2.40. The topological polar surface area (TPSA) is 15.3 Å². The van der Waals surface area contributed by atoms with Crippen LogP contribution in [0.4, 0.5) is 0 Å². The third-order valence-corrected chi connectivity index (χ3v) is 5.78. The highest BCUT2D eigenvalue weighted by atomic mass is 32.1. The van der Waals surface area contributed by atoms with Crippen molar-refractivity contribution in [3.8, 4) is 0 Å². The quantitative estimate of drug-likeness (QED) is 0.871. The SMILES string of the molecule is CCC1(CC)CN(C(c2cccs2)C(C)C)CCCN1. The summed E-state index contributed by atoms with van der Waals surface area (Å²) >= 11 is 1.91. The lowest BCUT2D eigenvalue weighted by Crippen LogP contribution is -2.51. The average molecular weight is 295 g/mol. The summed E-state index contributed by atoms with van der Waals surface area (Å²) in [6, 6.07) is 5.08. The molecule has 1 fully saturated rings. The van der Waals surface area contributed by atoms with Crippen LogP contribution in [-0.2, 0) is 0 Å². The molecule has 1 saturated heterocycles. The minimum Gasteiger partial charge on any atom is -0.310 e. The molecule has 1 unspecified atom stereocenters. The standard InChI is InChI=1S/C17H30N2S/c1-5-17(6-2)13-19(11-8-10-18-17)16(14(3)4)15-9-7-12-20-15/h7,9,12,14,16,18H,5-6,8,10-11,13H2,1-4H3. The lowest BCUT2D eigenvalue weighted by molar-refractivity contribution is 0.121. The minimum absolute atomic E-state index is 0.306. The van der Waals surface area contributed by atoms with E-state index in [0.717, 1.165) is 6.54 Å². The first-order valence-corrected chi connectivity index (χ1v) is 9.02. The van der Waals surface area contributed by atoms with Crippen molar-refractivity contribution in [1.29, 1.82) is 0 Å². The third kappa shape index (κ3) is 3.44. The molecule has 1 aliphatic heterocycles. The van der Waals surface area contributed by atoms with E-state index in [1.165, 1.54) is 37.2 Å². The first-order chi connectivity index (χ1) is 9.62. The van der Waals surface area contributed by atoms with E-state index in [9.17, 15) is 0 Å². The van der Waals surface area contributed by atoms with Gasteiger partial charge in [-0.15, -0.1) is 11.3 Å². The summed E-state index contributed by atoms with van der Waals surface area (Å²) in [6.07, 6.45) is 3.70. The number of thiophene rings is 1. The summed E-state index contributed by atoms with van der Waals surface area (Å²) in [6.45, 7) is 12.9. The summed E-state index contributed by atoms with van der Waals surface area (Å²) < 4.78 is 0. The van der Waals surface area contributed by atoms with Gasteiger partial charge in [-0.05, 0) is 43.2 Å². The highest BCUT2D eigenvalue weighted by Gasteiger charge is 2.34. The van der Waals surface area contributed by atoms with Gasteiger partial charge < -0.3 is 5.32 Å². The Morgan fingerprint density at radius 3 is 2.65 bits per heavy atom. The van der Waals surface area contributed by atoms with Crippen LogP contribution in [0.3, 0.4) is 0 Å². The summed E-state index contributed by atoms with van der Waals surface area (Å²) in [4.78, 5) is 4.27. The van der Waals surface area contributed by atoms with Gasteiger partial charge in [-0.2, -0.15) is 0 Å². The summed E-state index contributed by atoms with van der Waals surface area (Å²) in [5, 5.41) is 6.04. The second-order valence-electron chi connectivity index (χ2n) is 6.44. The van der Waals surface area contributed by atoms with Gasteiger partial charge in [-0.1, -0.05) is 33.8 Å². The van der Waals surface area contributed by atoms with Crippen molar-refractivity contribution in [2.24, 2.45) is 5.92 Å². The Morgan fingerprint density at radius 1 is 1.35 bits per heavy atom. The predicted molar refractivity (Wildman–Crippen MR) is 89.4 cm³/mol. The molecule has 0 saturated carbocycles. The van der Waals surface area contributed by atoms with Gasteiger partial charge in [0.25, 0.3) is 0 Å². The fourth-order valence-corrected chi connectivity index (χ4v) is 4.54. The van der Waals surface area contributed by atoms with E-state index in [1.54, 1.807) is 0 Å². The molecule has 1 aromatic rings. The maximum atomic E-state index is 3.83. The number of nitrogens with zero attached hydrogens (tertiary/aromatic N) is 1. The van der Waals surface area contributed by atoms with Gasteiger partial charge >= 0.3 is 0 Å². The van der Waals surface area contributed by atoms with E-state index < -0.39 is 0 Å². The van der Waals surface area contributed by atoms with Crippen LogP contribution in [0.1, 0.15) is 57.9 Å². The Balaban J connectivity index is 2.23.